The lowest BCUT2D eigenvalue weighted by Crippen LogP contribution is -2.51. The minimum Gasteiger partial charge on any atom is -0.497 e. The molecule has 0 radical (unpaired) electrons. The third kappa shape index (κ3) is 6.71. The monoisotopic (exact) mass is 475 g/mol. The molecule has 0 aromatic heterocycles. The van der Waals surface area contributed by atoms with Crippen LogP contribution in [-0.2, 0) is 26.2 Å². The number of hydrogen-bond donors (Lipinski definition) is 1. The molecule has 0 spiro atoms. The van der Waals surface area contributed by atoms with Crippen LogP contribution < -0.4 is 14.4 Å². The van der Waals surface area contributed by atoms with E-state index in [9.17, 15) is 18.0 Å². The predicted octanol–water partition coefficient (Wildman–Crippen LogP) is 2.63. The Balaban J connectivity index is 2.43. The number of amides is 2. The van der Waals surface area contributed by atoms with E-state index in [0.29, 0.717) is 18.0 Å². The Hall–Kier alpha value is -3.07. The number of carbonyl (C=O) groups excluding carboxylic acids is 2. The molecule has 0 aliphatic carbocycles. The number of sulfonamides is 1. The van der Waals surface area contributed by atoms with Gasteiger partial charge in [-0.05, 0) is 56.5 Å². The van der Waals surface area contributed by atoms with Gasteiger partial charge in [-0.3, -0.25) is 13.9 Å². The molecule has 2 amide bonds. The minimum atomic E-state index is -3.76. The molecule has 0 fully saturated rings. The van der Waals surface area contributed by atoms with Crippen LogP contribution in [0.2, 0.25) is 0 Å². The first kappa shape index (κ1) is 26.2. The maximum Gasteiger partial charge on any atom is 0.244 e. The first-order valence-corrected chi connectivity index (χ1v) is 12.6. The van der Waals surface area contributed by atoms with Crippen molar-refractivity contribution in [3.63, 3.8) is 0 Å². The topological polar surface area (TPSA) is 96.0 Å². The van der Waals surface area contributed by atoms with Crippen molar-refractivity contribution >= 4 is 27.5 Å². The van der Waals surface area contributed by atoms with Crippen LogP contribution in [0.3, 0.4) is 0 Å². The summed E-state index contributed by atoms with van der Waals surface area (Å²) in [6.45, 7) is 7.19. The van der Waals surface area contributed by atoms with E-state index in [2.05, 4.69) is 5.32 Å². The Morgan fingerprint density at radius 2 is 1.64 bits per heavy atom. The molecule has 0 saturated carbocycles. The Morgan fingerprint density at radius 1 is 1.06 bits per heavy atom. The third-order valence-electron chi connectivity index (χ3n) is 5.40. The highest BCUT2D eigenvalue weighted by molar-refractivity contribution is 7.92. The van der Waals surface area contributed by atoms with Crippen LogP contribution in [0, 0.1) is 13.8 Å². The predicted molar refractivity (Wildman–Crippen MR) is 130 cm³/mol. The lowest BCUT2D eigenvalue weighted by Gasteiger charge is -2.32. The van der Waals surface area contributed by atoms with E-state index in [0.717, 1.165) is 27.3 Å². The van der Waals surface area contributed by atoms with Crippen LogP contribution in [0.15, 0.2) is 42.5 Å². The van der Waals surface area contributed by atoms with Gasteiger partial charge in [0.15, 0.2) is 0 Å². The number of nitrogens with one attached hydrogen (secondary N) is 1. The van der Waals surface area contributed by atoms with E-state index < -0.39 is 28.5 Å². The van der Waals surface area contributed by atoms with Crippen molar-refractivity contribution in [2.45, 2.75) is 40.3 Å². The summed E-state index contributed by atoms with van der Waals surface area (Å²) in [5.74, 6) is -0.110. The molecule has 2 rings (SSSR count). The van der Waals surface area contributed by atoms with E-state index in [-0.39, 0.29) is 12.5 Å². The maximum atomic E-state index is 13.5. The highest BCUT2D eigenvalue weighted by atomic mass is 32.2. The van der Waals surface area contributed by atoms with E-state index in [4.69, 9.17) is 4.74 Å². The molecular formula is C24H33N3O5S. The Labute approximate surface area is 196 Å². The smallest absolute Gasteiger partial charge is 0.244 e. The van der Waals surface area contributed by atoms with E-state index in [1.807, 2.05) is 18.2 Å². The molecule has 1 atom stereocenters. The summed E-state index contributed by atoms with van der Waals surface area (Å²) >= 11 is 0. The molecule has 0 unspecified atom stereocenters. The van der Waals surface area contributed by atoms with Crippen molar-refractivity contribution in [2.75, 3.05) is 30.8 Å². The summed E-state index contributed by atoms with van der Waals surface area (Å²) < 4.78 is 31.7. The normalized spacial score (nSPS) is 12.1. The summed E-state index contributed by atoms with van der Waals surface area (Å²) in [7, 11) is -2.20. The standard InChI is InChI=1S/C24H33N3O5S/c1-7-25-24(29)19(4)26(15-20-11-13-21(32-5)14-12-20)22(28)16-27(33(6,30)31)23-17(2)9-8-10-18(23)3/h8-14,19H,7,15-16H2,1-6H3,(H,25,29)/t19-/m1/s1. The molecule has 2 aromatic rings. The lowest BCUT2D eigenvalue weighted by molar-refractivity contribution is -0.139. The Bertz CT molecular complexity index is 1060. The van der Waals surface area contributed by atoms with Crippen molar-refractivity contribution in [1.82, 2.24) is 10.2 Å². The lowest BCUT2D eigenvalue weighted by atomic mass is 10.1. The summed E-state index contributed by atoms with van der Waals surface area (Å²) in [4.78, 5) is 27.5. The molecule has 0 saturated heterocycles. The van der Waals surface area contributed by atoms with Gasteiger partial charge in [-0.15, -0.1) is 0 Å². The average molecular weight is 476 g/mol. The summed E-state index contributed by atoms with van der Waals surface area (Å²) in [5, 5.41) is 2.73. The largest absolute Gasteiger partial charge is 0.497 e. The number of rotatable bonds is 10. The van der Waals surface area contributed by atoms with Gasteiger partial charge in [0, 0.05) is 13.1 Å². The number of likely N-dealkylation sites (N-methyl/N-ethyl adjacent to an activating group) is 1. The van der Waals surface area contributed by atoms with Gasteiger partial charge in [0.05, 0.1) is 19.1 Å². The number of aryl methyl sites for hydroxylation is 2. The molecule has 180 valence electrons. The molecule has 0 aliphatic rings. The molecular weight excluding hydrogens is 442 g/mol. The Kier molecular flexibility index (Phi) is 8.87. The van der Waals surface area contributed by atoms with Crippen molar-refractivity contribution < 1.29 is 22.7 Å². The molecule has 9 heteroatoms. The molecule has 0 heterocycles. The Morgan fingerprint density at radius 3 is 2.12 bits per heavy atom. The SMILES string of the molecule is CCNC(=O)[C@@H](C)N(Cc1ccc(OC)cc1)C(=O)CN(c1c(C)cccc1C)S(C)(=O)=O. The van der Waals surface area contributed by atoms with Gasteiger partial charge in [0.2, 0.25) is 21.8 Å². The number of para-hydroxylation sites is 1. The van der Waals surface area contributed by atoms with Gasteiger partial charge in [0.25, 0.3) is 0 Å². The second kappa shape index (κ2) is 11.2. The maximum absolute atomic E-state index is 13.5. The molecule has 8 nitrogen and oxygen atoms in total. The molecule has 33 heavy (non-hydrogen) atoms. The zero-order valence-electron chi connectivity index (χ0n) is 20.1. The van der Waals surface area contributed by atoms with Crippen molar-refractivity contribution in [3.8, 4) is 5.75 Å². The fraction of sp³-hybridized carbons (Fsp3) is 0.417. The number of anilines is 1. The first-order valence-electron chi connectivity index (χ1n) is 10.7. The highest BCUT2D eigenvalue weighted by Gasteiger charge is 2.30. The van der Waals surface area contributed by atoms with Crippen molar-refractivity contribution in [3.05, 3.63) is 59.2 Å². The number of carbonyl (C=O) groups is 2. The molecule has 0 bridgehead atoms. The number of ether oxygens (including phenoxy) is 1. The highest BCUT2D eigenvalue weighted by Crippen LogP contribution is 2.27. The van der Waals surface area contributed by atoms with Crippen LogP contribution >= 0.6 is 0 Å². The van der Waals surface area contributed by atoms with Gasteiger partial charge in [0.1, 0.15) is 18.3 Å². The summed E-state index contributed by atoms with van der Waals surface area (Å²) in [6.07, 6.45) is 1.08. The zero-order valence-corrected chi connectivity index (χ0v) is 20.9. The van der Waals surface area contributed by atoms with Crippen LogP contribution in [-0.4, -0.2) is 57.6 Å². The second-order valence-electron chi connectivity index (χ2n) is 7.95. The third-order valence-corrected chi connectivity index (χ3v) is 6.51. The van der Waals surface area contributed by atoms with Crippen LogP contribution in [0.4, 0.5) is 5.69 Å². The quantitative estimate of drug-likeness (QED) is 0.570. The molecule has 2 aromatic carbocycles. The fourth-order valence-corrected chi connectivity index (χ4v) is 4.57. The van der Waals surface area contributed by atoms with Crippen molar-refractivity contribution in [2.24, 2.45) is 0 Å². The van der Waals surface area contributed by atoms with E-state index in [1.54, 1.807) is 59.1 Å². The van der Waals surface area contributed by atoms with Gasteiger partial charge in [-0.25, -0.2) is 8.42 Å². The van der Waals surface area contributed by atoms with Gasteiger partial charge in [-0.2, -0.15) is 0 Å². The van der Waals surface area contributed by atoms with Gasteiger partial charge in [-0.1, -0.05) is 30.3 Å². The number of methoxy groups -OCH3 is 1. The fourth-order valence-electron chi connectivity index (χ4n) is 3.61. The van der Waals surface area contributed by atoms with Gasteiger partial charge >= 0.3 is 0 Å². The summed E-state index contributed by atoms with van der Waals surface area (Å²) in [5.41, 5.74) is 2.75. The number of nitrogens with zero attached hydrogens (tertiary/aromatic N) is 2. The zero-order chi connectivity index (χ0) is 24.8. The number of hydrogen-bond acceptors (Lipinski definition) is 5. The number of benzene rings is 2. The molecule has 0 aliphatic heterocycles. The first-order chi connectivity index (χ1) is 15.5. The summed E-state index contributed by atoms with van der Waals surface area (Å²) in [6, 6.07) is 11.8. The van der Waals surface area contributed by atoms with Gasteiger partial charge < -0.3 is 15.0 Å². The van der Waals surface area contributed by atoms with Crippen LogP contribution in [0.5, 0.6) is 5.75 Å². The second-order valence-corrected chi connectivity index (χ2v) is 9.86. The van der Waals surface area contributed by atoms with Crippen LogP contribution in [0.25, 0.3) is 0 Å². The van der Waals surface area contributed by atoms with Crippen LogP contribution in [0.1, 0.15) is 30.5 Å². The average Bonchev–Trinajstić information content (AvgIpc) is 2.76. The minimum absolute atomic E-state index is 0.144. The van der Waals surface area contributed by atoms with E-state index in [1.165, 1.54) is 4.90 Å². The molecule has 1 N–H and O–H groups in total. The van der Waals surface area contributed by atoms with E-state index >= 15 is 0 Å². The van der Waals surface area contributed by atoms with Crippen molar-refractivity contribution in [1.29, 1.82) is 0 Å².